The van der Waals surface area contributed by atoms with Gasteiger partial charge in [-0.1, -0.05) is 19.1 Å². The Balaban J connectivity index is 2.13. The van der Waals surface area contributed by atoms with Crippen molar-refractivity contribution in [3.05, 3.63) is 70.3 Å². The van der Waals surface area contributed by atoms with Crippen molar-refractivity contribution < 1.29 is 55.7 Å². The fourth-order valence-corrected chi connectivity index (χ4v) is 4.16. The normalized spacial score (nSPS) is 13.9. The second-order valence-corrected chi connectivity index (χ2v) is 9.01. The maximum absolute atomic E-state index is 15.0. The van der Waals surface area contributed by atoms with Gasteiger partial charge in [0.2, 0.25) is 11.1 Å². The van der Waals surface area contributed by atoms with Crippen LogP contribution in [0.25, 0.3) is 11.3 Å². The lowest BCUT2D eigenvalue weighted by Crippen LogP contribution is -2.36. The summed E-state index contributed by atoms with van der Waals surface area (Å²) in [5, 5.41) is 18.8. The molecule has 2 atom stereocenters. The van der Waals surface area contributed by atoms with Crippen molar-refractivity contribution in [2.24, 2.45) is 11.1 Å². The number of aromatic nitrogens is 1. The Hall–Kier alpha value is -4.20. The van der Waals surface area contributed by atoms with Gasteiger partial charge in [-0.25, -0.2) is 13.8 Å². The number of hydrogen-bond acceptors (Lipinski definition) is 6. The molecule has 0 aliphatic rings. The van der Waals surface area contributed by atoms with Crippen LogP contribution in [0.4, 0.5) is 22.0 Å². The molecule has 0 bridgehead atoms. The van der Waals surface area contributed by atoms with Gasteiger partial charge in [0.05, 0.1) is 17.4 Å². The number of ether oxygens (including phenoxy) is 1. The fraction of sp³-hybridized carbons (Fsp3) is 0.280. The Morgan fingerprint density at radius 3 is 2.23 bits per heavy atom. The van der Waals surface area contributed by atoms with E-state index in [0.29, 0.717) is 6.07 Å². The number of carboxylic acids is 2. The predicted molar refractivity (Wildman–Crippen MR) is 127 cm³/mol. The molecule has 0 radical (unpaired) electrons. The van der Waals surface area contributed by atoms with Crippen molar-refractivity contribution in [1.29, 1.82) is 0 Å². The van der Waals surface area contributed by atoms with Crippen molar-refractivity contribution in [3.63, 3.8) is 0 Å². The summed E-state index contributed by atoms with van der Waals surface area (Å²) < 4.78 is 78.8. The average Bonchev–Trinajstić information content (AvgIpc) is 3.25. The number of amides is 1. The van der Waals surface area contributed by atoms with Crippen LogP contribution in [-0.2, 0) is 15.8 Å². The number of oxazole rings is 1. The van der Waals surface area contributed by atoms with Crippen LogP contribution in [0.1, 0.15) is 54.1 Å². The number of benzene rings is 2. The fourth-order valence-electron chi connectivity index (χ4n) is 3.93. The summed E-state index contributed by atoms with van der Waals surface area (Å²) in [6, 6.07) is 5.04. The van der Waals surface area contributed by atoms with E-state index in [4.69, 9.17) is 26.5 Å². The van der Waals surface area contributed by atoms with Crippen LogP contribution in [0.2, 0.25) is 5.22 Å². The van der Waals surface area contributed by atoms with Gasteiger partial charge in [0.15, 0.2) is 17.7 Å². The average molecular weight is 591 g/mol. The molecular weight excluding hydrogens is 571 g/mol. The molecule has 1 amide bonds. The summed E-state index contributed by atoms with van der Waals surface area (Å²) in [4.78, 5) is 39.4. The number of primary amides is 1. The van der Waals surface area contributed by atoms with E-state index in [-0.39, 0.29) is 17.7 Å². The molecule has 0 aliphatic carbocycles. The highest BCUT2D eigenvalue weighted by atomic mass is 35.5. The molecule has 4 N–H and O–H groups in total. The van der Waals surface area contributed by atoms with Crippen LogP contribution in [-0.4, -0.2) is 33.0 Å². The highest BCUT2D eigenvalue weighted by molar-refractivity contribution is 6.31. The summed E-state index contributed by atoms with van der Waals surface area (Å²) >= 11 is 6.12. The van der Waals surface area contributed by atoms with Gasteiger partial charge in [-0.3, -0.25) is 14.4 Å². The molecule has 0 saturated heterocycles. The Morgan fingerprint density at radius 2 is 1.73 bits per heavy atom. The van der Waals surface area contributed by atoms with Gasteiger partial charge in [0.25, 0.3) is 5.91 Å². The van der Waals surface area contributed by atoms with Gasteiger partial charge >= 0.3 is 18.1 Å². The van der Waals surface area contributed by atoms with E-state index < -0.39 is 88.0 Å². The summed E-state index contributed by atoms with van der Waals surface area (Å²) in [7, 11) is 0. The van der Waals surface area contributed by atoms with Crippen LogP contribution >= 0.6 is 11.6 Å². The molecule has 40 heavy (non-hydrogen) atoms. The SMILES string of the molecule is CCC(CC(=O)O)(CC(Oc1ccc(F)c(C(N)=O)c1F)c1nc(-c2ccc(C(F)(F)F)cc2)c(Cl)o1)C(=O)O. The first-order valence-electron chi connectivity index (χ1n) is 11.3. The second kappa shape index (κ2) is 11.5. The molecule has 3 rings (SSSR count). The third-order valence-electron chi connectivity index (χ3n) is 6.13. The first-order valence-corrected chi connectivity index (χ1v) is 11.7. The summed E-state index contributed by atoms with van der Waals surface area (Å²) in [5.41, 5.74) is 0.767. The minimum absolute atomic E-state index is 0.0567. The number of carbonyl (C=O) groups excluding carboxylic acids is 1. The lowest BCUT2D eigenvalue weighted by atomic mass is 9.76. The van der Waals surface area contributed by atoms with Crippen LogP contribution in [0.5, 0.6) is 5.75 Å². The lowest BCUT2D eigenvalue weighted by molar-refractivity contribution is -0.158. The largest absolute Gasteiger partial charge is 0.481 e. The first-order chi connectivity index (χ1) is 18.6. The molecule has 214 valence electrons. The van der Waals surface area contributed by atoms with Crippen LogP contribution in [0.15, 0.2) is 40.8 Å². The minimum Gasteiger partial charge on any atom is -0.481 e. The van der Waals surface area contributed by atoms with Crippen molar-refractivity contribution >= 4 is 29.4 Å². The quantitative estimate of drug-likeness (QED) is 0.235. The summed E-state index contributed by atoms with van der Waals surface area (Å²) in [6.45, 7) is 1.38. The van der Waals surface area contributed by atoms with E-state index in [1.165, 1.54) is 6.92 Å². The van der Waals surface area contributed by atoms with E-state index in [9.17, 15) is 46.5 Å². The van der Waals surface area contributed by atoms with Gasteiger partial charge in [0.1, 0.15) is 17.1 Å². The molecule has 0 saturated carbocycles. The molecular formula is C25H20ClF5N2O7. The smallest absolute Gasteiger partial charge is 0.416 e. The molecule has 15 heteroatoms. The number of nitrogens with zero attached hydrogens (tertiary/aromatic N) is 1. The lowest BCUT2D eigenvalue weighted by Gasteiger charge is -2.30. The number of nitrogens with two attached hydrogens (primary N) is 1. The predicted octanol–water partition coefficient (Wildman–Crippen LogP) is 5.86. The molecule has 1 aromatic heterocycles. The van der Waals surface area contributed by atoms with Crippen molar-refractivity contribution in [1.82, 2.24) is 4.98 Å². The standard InChI is InChI=1S/C25H20ClF5N2O7/c1-2-24(23(37)38,10-16(34)35)9-15(39-14-8-7-13(27)17(18(14)28)21(32)36)22-33-19(20(26)40-22)11-3-5-12(6-4-11)25(29,30)31/h3-8,15H,2,9-10H2,1H3,(H2,32,36)(H,34,35)(H,37,38). The van der Waals surface area contributed by atoms with Crippen LogP contribution in [0, 0.1) is 17.0 Å². The highest BCUT2D eigenvalue weighted by Gasteiger charge is 2.44. The highest BCUT2D eigenvalue weighted by Crippen LogP contribution is 2.42. The van der Waals surface area contributed by atoms with E-state index in [1.807, 2.05) is 0 Å². The minimum atomic E-state index is -4.62. The molecule has 3 aromatic rings. The van der Waals surface area contributed by atoms with E-state index in [2.05, 4.69) is 4.98 Å². The van der Waals surface area contributed by atoms with Crippen LogP contribution in [0.3, 0.4) is 0 Å². The topological polar surface area (TPSA) is 153 Å². The van der Waals surface area contributed by atoms with Gasteiger partial charge in [-0.05, 0) is 42.3 Å². The number of aliphatic carboxylic acids is 2. The Kier molecular flexibility index (Phi) is 8.72. The number of alkyl halides is 3. The third-order valence-corrected chi connectivity index (χ3v) is 6.39. The van der Waals surface area contributed by atoms with Crippen molar-refractivity contribution in [3.8, 4) is 17.0 Å². The molecule has 0 fully saturated rings. The number of rotatable bonds is 11. The number of hydrogen-bond donors (Lipinski definition) is 3. The van der Waals surface area contributed by atoms with E-state index in [0.717, 1.165) is 30.3 Å². The number of halogens is 6. The molecule has 2 unspecified atom stereocenters. The van der Waals surface area contributed by atoms with Crippen molar-refractivity contribution in [2.75, 3.05) is 0 Å². The summed E-state index contributed by atoms with van der Waals surface area (Å²) in [5.74, 6) is -8.64. The van der Waals surface area contributed by atoms with Gasteiger partial charge in [-0.15, -0.1) is 0 Å². The first kappa shape index (κ1) is 30.3. The van der Waals surface area contributed by atoms with Gasteiger partial charge in [0, 0.05) is 12.0 Å². The number of carboxylic acid groups (broad SMARTS) is 2. The molecule has 9 nitrogen and oxygen atoms in total. The zero-order valence-corrected chi connectivity index (χ0v) is 21.1. The Labute approximate surface area is 227 Å². The van der Waals surface area contributed by atoms with E-state index in [1.54, 1.807) is 0 Å². The Bertz CT molecular complexity index is 1440. The van der Waals surface area contributed by atoms with Crippen molar-refractivity contribution in [2.45, 2.75) is 38.5 Å². The third kappa shape index (κ3) is 6.33. The van der Waals surface area contributed by atoms with Crippen LogP contribution < -0.4 is 10.5 Å². The zero-order valence-electron chi connectivity index (χ0n) is 20.4. The number of carbonyl (C=O) groups is 3. The Morgan fingerprint density at radius 1 is 1.10 bits per heavy atom. The van der Waals surface area contributed by atoms with Gasteiger partial charge in [-0.2, -0.15) is 13.2 Å². The monoisotopic (exact) mass is 590 g/mol. The van der Waals surface area contributed by atoms with Gasteiger partial charge < -0.3 is 25.1 Å². The zero-order chi connectivity index (χ0) is 30.0. The van der Waals surface area contributed by atoms with E-state index >= 15 is 0 Å². The second-order valence-electron chi connectivity index (χ2n) is 8.67. The molecule has 1 heterocycles. The molecule has 0 aliphatic heterocycles. The molecule has 0 spiro atoms. The maximum atomic E-state index is 15.0. The maximum Gasteiger partial charge on any atom is 0.416 e. The summed E-state index contributed by atoms with van der Waals surface area (Å²) in [6.07, 6.45) is -8.18. The molecule has 2 aromatic carbocycles.